The molecule has 0 amide bonds. The van der Waals surface area contributed by atoms with Crippen molar-refractivity contribution in [1.29, 1.82) is 0 Å². The maximum absolute atomic E-state index is 11.4. The Morgan fingerprint density at radius 1 is 1.65 bits per heavy atom. The summed E-state index contributed by atoms with van der Waals surface area (Å²) >= 11 is 0. The zero-order chi connectivity index (χ0) is 12.8. The molecule has 1 heterocycles. The van der Waals surface area contributed by atoms with E-state index >= 15 is 0 Å². The van der Waals surface area contributed by atoms with Gasteiger partial charge in [0.05, 0.1) is 12.3 Å². The van der Waals surface area contributed by atoms with Crippen LogP contribution in [0.15, 0.2) is 12.3 Å². The lowest BCUT2D eigenvalue weighted by molar-refractivity contribution is -0.147. The molecule has 96 valence electrons. The Morgan fingerprint density at radius 2 is 2.35 bits per heavy atom. The molecule has 17 heavy (non-hydrogen) atoms. The fraction of sp³-hybridized carbons (Fsp3) is 0.636. The Bertz CT molecular complexity index is 365. The van der Waals surface area contributed by atoms with Crippen LogP contribution in [0.4, 0.5) is 0 Å². The van der Waals surface area contributed by atoms with E-state index < -0.39 is 18.1 Å². The summed E-state index contributed by atoms with van der Waals surface area (Å²) in [5.74, 6) is -0.607. The third-order valence-corrected chi connectivity index (χ3v) is 2.39. The molecule has 6 nitrogen and oxygen atoms in total. The van der Waals surface area contributed by atoms with E-state index in [0.717, 1.165) is 6.42 Å². The predicted molar refractivity (Wildman–Crippen MR) is 62.1 cm³/mol. The standard InChI is InChI=1S/C11H19N3O3/c1-3-7-14-8(5-6-13-14)10(15)9(12)11(16)17-4-2/h5-6,9-10,15H,3-4,7,12H2,1-2H3. The third-order valence-electron chi connectivity index (χ3n) is 2.39. The second-order valence-electron chi connectivity index (χ2n) is 3.70. The molecule has 6 heteroatoms. The second kappa shape index (κ2) is 6.36. The molecular formula is C11H19N3O3. The number of aliphatic hydroxyl groups excluding tert-OH is 1. The van der Waals surface area contributed by atoms with Gasteiger partial charge in [0.2, 0.25) is 0 Å². The Hall–Kier alpha value is -1.40. The zero-order valence-corrected chi connectivity index (χ0v) is 10.2. The fourth-order valence-corrected chi connectivity index (χ4v) is 1.54. The summed E-state index contributed by atoms with van der Waals surface area (Å²) in [7, 11) is 0. The SMILES string of the molecule is CCCn1nccc1C(O)C(N)C(=O)OCC. The van der Waals surface area contributed by atoms with Crippen LogP contribution >= 0.6 is 0 Å². The number of nitrogens with two attached hydrogens (primary N) is 1. The normalized spacial score (nSPS) is 14.4. The van der Waals surface area contributed by atoms with Crippen molar-refractivity contribution in [3.63, 3.8) is 0 Å². The number of hydrogen-bond acceptors (Lipinski definition) is 5. The number of rotatable bonds is 6. The molecule has 2 unspecified atom stereocenters. The van der Waals surface area contributed by atoms with E-state index in [9.17, 15) is 9.90 Å². The van der Waals surface area contributed by atoms with Crippen LogP contribution < -0.4 is 5.73 Å². The van der Waals surface area contributed by atoms with E-state index in [1.54, 1.807) is 23.9 Å². The van der Waals surface area contributed by atoms with Gasteiger partial charge in [0.1, 0.15) is 12.1 Å². The minimum absolute atomic E-state index is 0.244. The van der Waals surface area contributed by atoms with Crippen molar-refractivity contribution in [3.8, 4) is 0 Å². The summed E-state index contributed by atoms with van der Waals surface area (Å²) in [6.07, 6.45) is 1.37. The Kier molecular flexibility index (Phi) is 5.11. The van der Waals surface area contributed by atoms with Crippen LogP contribution in [-0.4, -0.2) is 33.5 Å². The molecule has 0 aliphatic heterocycles. The number of carbonyl (C=O) groups is 1. The van der Waals surface area contributed by atoms with E-state index in [1.165, 1.54) is 0 Å². The van der Waals surface area contributed by atoms with Crippen LogP contribution in [-0.2, 0) is 16.1 Å². The van der Waals surface area contributed by atoms with Gasteiger partial charge in [-0.3, -0.25) is 9.48 Å². The lowest BCUT2D eigenvalue weighted by Gasteiger charge is -2.18. The molecule has 0 bridgehead atoms. The maximum atomic E-state index is 11.4. The zero-order valence-electron chi connectivity index (χ0n) is 10.2. The van der Waals surface area contributed by atoms with Gasteiger partial charge in [0.25, 0.3) is 0 Å². The van der Waals surface area contributed by atoms with Gasteiger partial charge in [0, 0.05) is 12.7 Å². The van der Waals surface area contributed by atoms with Crippen molar-refractivity contribution in [2.24, 2.45) is 5.73 Å². The molecule has 0 radical (unpaired) electrons. The van der Waals surface area contributed by atoms with Crippen molar-refractivity contribution < 1.29 is 14.6 Å². The molecule has 3 N–H and O–H groups in total. The molecule has 2 atom stereocenters. The summed E-state index contributed by atoms with van der Waals surface area (Å²) in [5.41, 5.74) is 6.17. The minimum atomic E-state index is -1.09. The number of ether oxygens (including phenoxy) is 1. The van der Waals surface area contributed by atoms with Gasteiger partial charge in [-0.1, -0.05) is 6.92 Å². The van der Waals surface area contributed by atoms with E-state index in [2.05, 4.69) is 5.10 Å². The molecule has 0 aromatic carbocycles. The second-order valence-corrected chi connectivity index (χ2v) is 3.70. The highest BCUT2D eigenvalue weighted by atomic mass is 16.5. The smallest absolute Gasteiger partial charge is 0.326 e. The van der Waals surface area contributed by atoms with Crippen LogP contribution in [0.3, 0.4) is 0 Å². The van der Waals surface area contributed by atoms with Crippen LogP contribution in [0, 0.1) is 0 Å². The number of aromatic nitrogens is 2. The van der Waals surface area contributed by atoms with Gasteiger partial charge >= 0.3 is 5.97 Å². The highest BCUT2D eigenvalue weighted by molar-refractivity contribution is 5.76. The van der Waals surface area contributed by atoms with Crippen molar-refractivity contribution in [3.05, 3.63) is 18.0 Å². The molecule has 1 rings (SSSR count). The number of aryl methyl sites for hydroxylation is 1. The van der Waals surface area contributed by atoms with Crippen LogP contribution in [0.2, 0.25) is 0 Å². The highest BCUT2D eigenvalue weighted by Gasteiger charge is 2.27. The monoisotopic (exact) mass is 241 g/mol. The van der Waals surface area contributed by atoms with Gasteiger partial charge < -0.3 is 15.6 Å². The average molecular weight is 241 g/mol. The van der Waals surface area contributed by atoms with Gasteiger partial charge in [-0.25, -0.2) is 0 Å². The van der Waals surface area contributed by atoms with Crippen LogP contribution in [0.1, 0.15) is 32.1 Å². The van der Waals surface area contributed by atoms with Gasteiger partial charge in [-0.05, 0) is 19.4 Å². The minimum Gasteiger partial charge on any atom is -0.465 e. The first-order valence-electron chi connectivity index (χ1n) is 5.73. The van der Waals surface area contributed by atoms with Gasteiger partial charge in [-0.2, -0.15) is 5.10 Å². The van der Waals surface area contributed by atoms with Crippen molar-refractivity contribution in [2.45, 2.75) is 39.0 Å². The topological polar surface area (TPSA) is 90.4 Å². The van der Waals surface area contributed by atoms with Crippen LogP contribution in [0.25, 0.3) is 0 Å². The van der Waals surface area contributed by atoms with E-state index in [0.29, 0.717) is 12.2 Å². The summed E-state index contributed by atoms with van der Waals surface area (Å²) < 4.78 is 6.41. The third kappa shape index (κ3) is 3.28. The number of hydrogen-bond donors (Lipinski definition) is 2. The summed E-state index contributed by atoms with van der Waals surface area (Å²) in [4.78, 5) is 11.4. The number of nitrogens with zero attached hydrogens (tertiary/aromatic N) is 2. The molecule has 0 aliphatic carbocycles. The average Bonchev–Trinajstić information content (AvgIpc) is 2.76. The molecule has 1 aromatic rings. The molecule has 0 fully saturated rings. The molecule has 0 aliphatic rings. The van der Waals surface area contributed by atoms with Crippen molar-refractivity contribution in [2.75, 3.05) is 6.61 Å². The molecular weight excluding hydrogens is 222 g/mol. The van der Waals surface area contributed by atoms with E-state index in [-0.39, 0.29) is 6.61 Å². The fourth-order valence-electron chi connectivity index (χ4n) is 1.54. The summed E-state index contributed by atoms with van der Waals surface area (Å²) in [5, 5.41) is 14.1. The molecule has 0 spiro atoms. The first kappa shape index (κ1) is 13.7. The number of esters is 1. The Morgan fingerprint density at radius 3 is 2.94 bits per heavy atom. The van der Waals surface area contributed by atoms with E-state index in [1.807, 2.05) is 6.92 Å². The largest absolute Gasteiger partial charge is 0.465 e. The first-order chi connectivity index (χ1) is 8.11. The first-order valence-corrected chi connectivity index (χ1v) is 5.73. The van der Waals surface area contributed by atoms with Crippen molar-refractivity contribution in [1.82, 2.24) is 9.78 Å². The molecule has 1 aromatic heterocycles. The Balaban J connectivity index is 2.77. The number of aliphatic hydroxyl groups is 1. The number of carbonyl (C=O) groups excluding carboxylic acids is 1. The van der Waals surface area contributed by atoms with Gasteiger partial charge in [0.15, 0.2) is 0 Å². The van der Waals surface area contributed by atoms with Crippen LogP contribution in [0.5, 0.6) is 0 Å². The maximum Gasteiger partial charge on any atom is 0.326 e. The quantitative estimate of drug-likeness (QED) is 0.695. The molecule has 0 saturated heterocycles. The lowest BCUT2D eigenvalue weighted by atomic mass is 10.1. The summed E-state index contributed by atoms with van der Waals surface area (Å²) in [6.45, 7) is 4.61. The summed E-state index contributed by atoms with van der Waals surface area (Å²) in [6, 6.07) is 0.571. The highest BCUT2D eigenvalue weighted by Crippen LogP contribution is 2.16. The lowest BCUT2D eigenvalue weighted by Crippen LogP contribution is -2.39. The Labute approximate surface area is 100 Å². The predicted octanol–water partition coefficient (Wildman–Crippen LogP) is 0.217. The molecule has 0 saturated carbocycles. The van der Waals surface area contributed by atoms with E-state index in [4.69, 9.17) is 10.5 Å². The van der Waals surface area contributed by atoms with Crippen molar-refractivity contribution >= 4 is 5.97 Å². The van der Waals surface area contributed by atoms with Gasteiger partial charge in [-0.15, -0.1) is 0 Å².